The Kier molecular flexibility index (Phi) is 6.36. The van der Waals surface area contributed by atoms with E-state index < -0.39 is 0 Å². The van der Waals surface area contributed by atoms with Gasteiger partial charge < -0.3 is 0 Å². The van der Waals surface area contributed by atoms with Crippen molar-refractivity contribution in [2.45, 2.75) is 11.8 Å². The van der Waals surface area contributed by atoms with Gasteiger partial charge in [-0.1, -0.05) is 108 Å². The molecular formula is C30H22Cl2O2. The highest BCUT2D eigenvalue weighted by Gasteiger charge is 2.57. The van der Waals surface area contributed by atoms with Crippen molar-refractivity contribution in [2.24, 2.45) is 11.8 Å². The molecule has 0 aromatic heterocycles. The van der Waals surface area contributed by atoms with E-state index in [4.69, 9.17) is 23.2 Å². The quantitative estimate of drug-likeness (QED) is 0.261. The van der Waals surface area contributed by atoms with Gasteiger partial charge in [0, 0.05) is 44.8 Å². The van der Waals surface area contributed by atoms with Crippen LogP contribution in [0.5, 0.6) is 0 Å². The number of Topliss-reactive ketones (excluding diaryl/α,β-unsaturated/α-hetero) is 2. The Morgan fingerprint density at radius 2 is 0.794 bits per heavy atom. The molecule has 2 nitrogen and oxygen atoms in total. The van der Waals surface area contributed by atoms with Gasteiger partial charge >= 0.3 is 0 Å². The standard InChI is InChI=1S/C30H22Cl2O2/c31-23-15-11-19(12-16-23)25-27(29(33)21-7-3-1-4-8-21)26(20-13-17-24(32)18-14-20)28(25)30(34)22-9-5-2-6-10-22/h1-18,25-28H. The largest absolute Gasteiger partial charge is 0.294 e. The number of hydrogen-bond donors (Lipinski definition) is 0. The van der Waals surface area contributed by atoms with Crippen LogP contribution in [-0.4, -0.2) is 11.6 Å². The van der Waals surface area contributed by atoms with E-state index in [0.29, 0.717) is 21.2 Å². The molecule has 0 radical (unpaired) electrons. The van der Waals surface area contributed by atoms with Crippen LogP contribution in [0.4, 0.5) is 0 Å². The number of ketones is 2. The summed E-state index contributed by atoms with van der Waals surface area (Å²) in [5.41, 5.74) is 3.18. The van der Waals surface area contributed by atoms with Crippen LogP contribution >= 0.6 is 23.2 Å². The lowest BCUT2D eigenvalue weighted by atomic mass is 9.49. The summed E-state index contributed by atoms with van der Waals surface area (Å²) >= 11 is 12.3. The smallest absolute Gasteiger partial charge is 0.167 e. The summed E-state index contributed by atoms with van der Waals surface area (Å²) in [4.78, 5) is 27.7. The molecule has 1 saturated carbocycles. The third-order valence-electron chi connectivity index (χ3n) is 6.78. The lowest BCUT2D eigenvalue weighted by Crippen LogP contribution is -2.51. The zero-order valence-electron chi connectivity index (χ0n) is 18.3. The number of carbonyl (C=O) groups excluding carboxylic acids is 2. The maximum Gasteiger partial charge on any atom is 0.167 e. The number of hydrogen-bond acceptors (Lipinski definition) is 2. The van der Waals surface area contributed by atoms with Crippen LogP contribution < -0.4 is 0 Å². The van der Waals surface area contributed by atoms with Crippen molar-refractivity contribution >= 4 is 34.8 Å². The Morgan fingerprint density at radius 1 is 0.471 bits per heavy atom. The molecule has 0 unspecified atom stereocenters. The molecule has 0 amide bonds. The van der Waals surface area contributed by atoms with E-state index in [-0.39, 0.29) is 35.2 Å². The molecule has 0 spiro atoms. The van der Waals surface area contributed by atoms with Gasteiger partial charge in [-0.15, -0.1) is 0 Å². The summed E-state index contributed by atoms with van der Waals surface area (Å²) in [5, 5.41) is 1.24. The predicted molar refractivity (Wildman–Crippen MR) is 137 cm³/mol. The Morgan fingerprint density at radius 3 is 1.12 bits per heavy atom. The van der Waals surface area contributed by atoms with E-state index >= 15 is 0 Å². The van der Waals surface area contributed by atoms with Gasteiger partial charge in [-0.25, -0.2) is 0 Å². The highest BCUT2D eigenvalue weighted by molar-refractivity contribution is 6.30. The first-order valence-electron chi connectivity index (χ1n) is 11.2. The van der Waals surface area contributed by atoms with Gasteiger partial charge in [-0.3, -0.25) is 9.59 Å². The maximum absolute atomic E-state index is 13.9. The molecule has 1 aliphatic carbocycles. The first-order chi connectivity index (χ1) is 16.5. The van der Waals surface area contributed by atoms with Crippen LogP contribution in [0, 0.1) is 11.8 Å². The number of carbonyl (C=O) groups is 2. The van der Waals surface area contributed by atoms with E-state index in [9.17, 15) is 9.59 Å². The molecule has 4 heteroatoms. The summed E-state index contributed by atoms with van der Waals surface area (Å²) in [6, 6.07) is 33.6. The van der Waals surface area contributed by atoms with Crippen molar-refractivity contribution in [1.82, 2.24) is 0 Å². The number of halogens is 2. The molecular weight excluding hydrogens is 463 g/mol. The highest BCUT2D eigenvalue weighted by atomic mass is 35.5. The minimum atomic E-state index is -0.387. The third-order valence-corrected chi connectivity index (χ3v) is 7.28. The first-order valence-corrected chi connectivity index (χ1v) is 12.0. The predicted octanol–water partition coefficient (Wildman–Crippen LogP) is 7.87. The van der Waals surface area contributed by atoms with E-state index in [1.807, 2.05) is 109 Å². The number of rotatable bonds is 6. The van der Waals surface area contributed by atoms with Crippen molar-refractivity contribution in [2.75, 3.05) is 0 Å². The molecule has 1 fully saturated rings. The molecule has 5 rings (SSSR count). The monoisotopic (exact) mass is 484 g/mol. The fraction of sp³-hybridized carbons (Fsp3) is 0.133. The van der Waals surface area contributed by atoms with Gasteiger partial charge in [-0.2, -0.15) is 0 Å². The summed E-state index contributed by atoms with van der Waals surface area (Å²) in [7, 11) is 0. The molecule has 0 N–H and O–H groups in total. The molecule has 0 heterocycles. The molecule has 168 valence electrons. The topological polar surface area (TPSA) is 34.1 Å². The fourth-order valence-corrected chi connectivity index (χ4v) is 5.44. The highest BCUT2D eigenvalue weighted by Crippen LogP contribution is 2.59. The van der Waals surface area contributed by atoms with Gasteiger partial charge in [0.05, 0.1) is 0 Å². The van der Waals surface area contributed by atoms with Crippen molar-refractivity contribution in [3.8, 4) is 0 Å². The molecule has 4 aromatic rings. The lowest BCUT2D eigenvalue weighted by Gasteiger charge is -2.51. The Labute approximate surface area is 209 Å². The molecule has 34 heavy (non-hydrogen) atoms. The second-order valence-corrected chi connectivity index (χ2v) is 9.54. The van der Waals surface area contributed by atoms with E-state index in [1.165, 1.54) is 0 Å². The normalized spacial score (nSPS) is 21.5. The van der Waals surface area contributed by atoms with Crippen molar-refractivity contribution < 1.29 is 9.59 Å². The Balaban J connectivity index is 1.65. The average molecular weight is 485 g/mol. The fourth-order valence-electron chi connectivity index (χ4n) is 5.19. The van der Waals surface area contributed by atoms with Crippen LogP contribution in [0.15, 0.2) is 109 Å². The van der Waals surface area contributed by atoms with Crippen LogP contribution in [0.25, 0.3) is 0 Å². The van der Waals surface area contributed by atoms with Gasteiger partial charge in [0.1, 0.15) is 0 Å². The Hall–Kier alpha value is -3.20. The van der Waals surface area contributed by atoms with Crippen molar-refractivity contribution in [3.63, 3.8) is 0 Å². The molecule has 1 aliphatic rings. The SMILES string of the molecule is O=C(c1ccccc1)C1C(c2ccc(Cl)cc2)C(C(=O)c2ccccc2)C1c1ccc(Cl)cc1. The van der Waals surface area contributed by atoms with Crippen LogP contribution in [0.2, 0.25) is 10.0 Å². The summed E-state index contributed by atoms with van der Waals surface area (Å²) in [5.74, 6) is -1.23. The molecule has 0 atom stereocenters. The van der Waals surface area contributed by atoms with E-state index in [2.05, 4.69) is 0 Å². The van der Waals surface area contributed by atoms with E-state index in [1.54, 1.807) is 0 Å². The van der Waals surface area contributed by atoms with Gasteiger partial charge in [0.25, 0.3) is 0 Å². The molecule has 0 aliphatic heterocycles. The van der Waals surface area contributed by atoms with Crippen molar-refractivity contribution in [1.29, 1.82) is 0 Å². The third kappa shape index (κ3) is 4.20. The number of benzene rings is 4. The second-order valence-electron chi connectivity index (χ2n) is 8.67. The minimum absolute atomic E-state index is 0.0395. The summed E-state index contributed by atoms with van der Waals surface area (Å²) in [6.45, 7) is 0. The minimum Gasteiger partial charge on any atom is -0.294 e. The van der Waals surface area contributed by atoms with Gasteiger partial charge in [0.15, 0.2) is 11.6 Å². The lowest BCUT2D eigenvalue weighted by molar-refractivity contribution is 0.0489. The summed E-state index contributed by atoms with van der Waals surface area (Å²) < 4.78 is 0. The zero-order valence-corrected chi connectivity index (χ0v) is 19.8. The van der Waals surface area contributed by atoms with E-state index in [0.717, 1.165) is 11.1 Å². The van der Waals surface area contributed by atoms with Gasteiger partial charge in [-0.05, 0) is 35.4 Å². The Bertz CT molecular complexity index is 1190. The maximum atomic E-state index is 13.9. The van der Waals surface area contributed by atoms with Crippen LogP contribution in [0.3, 0.4) is 0 Å². The first kappa shape index (κ1) is 22.6. The van der Waals surface area contributed by atoms with Crippen molar-refractivity contribution in [3.05, 3.63) is 141 Å². The summed E-state index contributed by atoms with van der Waals surface area (Å²) in [6.07, 6.45) is 0. The molecule has 4 aromatic carbocycles. The average Bonchev–Trinajstić information content (AvgIpc) is 2.87. The molecule has 0 saturated heterocycles. The molecule has 0 bridgehead atoms. The van der Waals surface area contributed by atoms with Gasteiger partial charge in [0.2, 0.25) is 0 Å². The van der Waals surface area contributed by atoms with Crippen LogP contribution in [-0.2, 0) is 0 Å². The zero-order chi connectivity index (χ0) is 23.7. The second kappa shape index (κ2) is 9.58. The van der Waals surface area contributed by atoms with Crippen LogP contribution in [0.1, 0.15) is 43.7 Å².